The van der Waals surface area contributed by atoms with E-state index in [9.17, 15) is 30.3 Å². The number of Topliss-reactive ketones (excluding diaryl/α,β-unsaturated/α-hetero) is 1. The van der Waals surface area contributed by atoms with Gasteiger partial charge in [-0.05, 0) is 0 Å². The first-order valence-electron chi connectivity index (χ1n) is 6.84. The van der Waals surface area contributed by atoms with Crippen molar-refractivity contribution in [2.75, 3.05) is 19.8 Å². The quantitative estimate of drug-likeness (QED) is 0.209. The highest BCUT2D eigenvalue weighted by atomic mass is 16.7. The molecular formula is C12H22O11. The van der Waals surface area contributed by atoms with Crippen LogP contribution in [0.5, 0.6) is 0 Å². The van der Waals surface area contributed by atoms with Crippen molar-refractivity contribution in [2.24, 2.45) is 0 Å². The van der Waals surface area contributed by atoms with Crippen molar-refractivity contribution in [1.29, 1.82) is 0 Å². The zero-order chi connectivity index (χ0) is 17.7. The number of hydrogen-bond donors (Lipinski definition) is 8. The van der Waals surface area contributed by atoms with Crippen LogP contribution in [0.15, 0.2) is 0 Å². The first kappa shape index (κ1) is 20.3. The largest absolute Gasteiger partial charge is 0.394 e. The molecule has 1 heterocycles. The molecule has 0 spiro atoms. The summed E-state index contributed by atoms with van der Waals surface area (Å²) in [5.74, 6) is -1.08. The van der Waals surface area contributed by atoms with E-state index in [1.54, 1.807) is 0 Å². The second-order valence-corrected chi connectivity index (χ2v) is 5.16. The van der Waals surface area contributed by atoms with Gasteiger partial charge in [-0.1, -0.05) is 0 Å². The SMILES string of the molecule is O=C(CO[C@H]1O[C@H](CO)[C@@H](O)[C@H](O)[C@H]1O)[C@@H](O)[C@H](O)[C@H](O)CO. The number of ketones is 1. The van der Waals surface area contributed by atoms with Gasteiger partial charge in [-0.25, -0.2) is 0 Å². The minimum atomic E-state index is -2.05. The van der Waals surface area contributed by atoms with Crippen molar-refractivity contribution in [3.05, 3.63) is 0 Å². The number of carbonyl (C=O) groups is 1. The third-order valence-electron chi connectivity index (χ3n) is 3.47. The number of ether oxygens (including phenoxy) is 2. The molecule has 0 aromatic heterocycles. The molecule has 1 aliphatic rings. The smallest absolute Gasteiger partial charge is 0.189 e. The molecule has 0 radical (unpaired) electrons. The molecule has 0 saturated carbocycles. The molecule has 1 fully saturated rings. The van der Waals surface area contributed by atoms with E-state index in [4.69, 9.17) is 24.8 Å². The maximum atomic E-state index is 11.6. The third-order valence-corrected chi connectivity index (χ3v) is 3.47. The molecule has 11 nitrogen and oxygen atoms in total. The van der Waals surface area contributed by atoms with Crippen LogP contribution in [0.1, 0.15) is 0 Å². The van der Waals surface area contributed by atoms with Crippen LogP contribution in [0.3, 0.4) is 0 Å². The molecule has 0 aromatic rings. The Kier molecular flexibility index (Phi) is 7.89. The molecular weight excluding hydrogens is 320 g/mol. The van der Waals surface area contributed by atoms with E-state index in [-0.39, 0.29) is 0 Å². The van der Waals surface area contributed by atoms with E-state index < -0.39 is 74.6 Å². The molecule has 0 unspecified atom stereocenters. The molecule has 8 N–H and O–H groups in total. The Morgan fingerprint density at radius 3 is 2.17 bits per heavy atom. The van der Waals surface area contributed by atoms with Gasteiger partial charge in [0.2, 0.25) is 0 Å². The number of carbonyl (C=O) groups excluding carboxylic acids is 1. The second kappa shape index (κ2) is 8.94. The molecule has 0 aromatic carbocycles. The van der Waals surface area contributed by atoms with Gasteiger partial charge in [0.25, 0.3) is 0 Å². The summed E-state index contributed by atoms with van der Waals surface area (Å²) in [5.41, 5.74) is 0. The topological polar surface area (TPSA) is 197 Å². The second-order valence-electron chi connectivity index (χ2n) is 5.16. The van der Waals surface area contributed by atoms with E-state index in [1.807, 2.05) is 0 Å². The number of rotatable bonds is 8. The predicted octanol–water partition coefficient (Wildman–Crippen LogP) is -5.55. The number of aliphatic hydroxyl groups is 8. The van der Waals surface area contributed by atoms with Gasteiger partial charge in [-0.3, -0.25) is 4.79 Å². The van der Waals surface area contributed by atoms with E-state index in [2.05, 4.69) is 0 Å². The average Bonchev–Trinajstić information content (AvgIpc) is 2.56. The van der Waals surface area contributed by atoms with Crippen molar-refractivity contribution < 1.29 is 55.1 Å². The van der Waals surface area contributed by atoms with E-state index in [1.165, 1.54) is 0 Å². The highest BCUT2D eigenvalue weighted by Crippen LogP contribution is 2.22. The zero-order valence-electron chi connectivity index (χ0n) is 12.0. The molecule has 8 atom stereocenters. The summed E-state index contributed by atoms with van der Waals surface area (Å²) in [5, 5.41) is 74.4. The summed E-state index contributed by atoms with van der Waals surface area (Å²) in [4.78, 5) is 11.6. The normalized spacial score (nSPS) is 35.6. The summed E-state index contributed by atoms with van der Waals surface area (Å²) in [6, 6.07) is 0. The first-order valence-corrected chi connectivity index (χ1v) is 6.84. The van der Waals surface area contributed by atoms with Gasteiger partial charge >= 0.3 is 0 Å². The molecule has 0 aliphatic carbocycles. The summed E-state index contributed by atoms with van der Waals surface area (Å²) < 4.78 is 9.85. The van der Waals surface area contributed by atoms with Crippen LogP contribution in [0.25, 0.3) is 0 Å². The fourth-order valence-corrected chi connectivity index (χ4v) is 1.96. The monoisotopic (exact) mass is 342 g/mol. The van der Waals surface area contributed by atoms with E-state index in [0.717, 1.165) is 0 Å². The first-order chi connectivity index (χ1) is 10.7. The molecule has 0 bridgehead atoms. The van der Waals surface area contributed by atoms with Crippen LogP contribution in [-0.2, 0) is 14.3 Å². The number of aliphatic hydroxyl groups excluding tert-OH is 8. The summed E-state index contributed by atoms with van der Waals surface area (Å²) in [6.45, 7) is -2.42. The van der Waals surface area contributed by atoms with Gasteiger partial charge in [-0.15, -0.1) is 0 Å². The van der Waals surface area contributed by atoms with Gasteiger partial charge in [0.15, 0.2) is 12.1 Å². The lowest BCUT2D eigenvalue weighted by Gasteiger charge is -2.39. The minimum absolute atomic E-state index is 0.678. The predicted molar refractivity (Wildman–Crippen MR) is 69.8 cm³/mol. The van der Waals surface area contributed by atoms with Crippen LogP contribution in [0.4, 0.5) is 0 Å². The molecule has 0 amide bonds. The van der Waals surface area contributed by atoms with E-state index >= 15 is 0 Å². The van der Waals surface area contributed by atoms with Gasteiger partial charge in [0, 0.05) is 0 Å². The highest BCUT2D eigenvalue weighted by Gasteiger charge is 2.44. The maximum Gasteiger partial charge on any atom is 0.189 e. The van der Waals surface area contributed by atoms with Crippen LogP contribution in [0, 0.1) is 0 Å². The summed E-state index contributed by atoms with van der Waals surface area (Å²) in [6.07, 6.45) is -13.5. The molecule has 1 saturated heterocycles. The van der Waals surface area contributed by atoms with Crippen LogP contribution in [0.2, 0.25) is 0 Å². The fourth-order valence-electron chi connectivity index (χ4n) is 1.96. The van der Waals surface area contributed by atoms with Crippen molar-refractivity contribution in [3.63, 3.8) is 0 Å². The fraction of sp³-hybridized carbons (Fsp3) is 0.917. The van der Waals surface area contributed by atoms with Crippen molar-refractivity contribution in [2.45, 2.75) is 49.0 Å². The van der Waals surface area contributed by atoms with Crippen LogP contribution >= 0.6 is 0 Å². The van der Waals surface area contributed by atoms with Gasteiger partial charge in [-0.2, -0.15) is 0 Å². The highest BCUT2D eigenvalue weighted by molar-refractivity contribution is 5.84. The van der Waals surface area contributed by atoms with E-state index in [0.29, 0.717) is 0 Å². The summed E-state index contributed by atoms with van der Waals surface area (Å²) >= 11 is 0. The Morgan fingerprint density at radius 1 is 1.04 bits per heavy atom. The van der Waals surface area contributed by atoms with Crippen molar-refractivity contribution in [3.8, 4) is 0 Å². The Morgan fingerprint density at radius 2 is 1.65 bits per heavy atom. The molecule has 1 rings (SSSR count). The average molecular weight is 342 g/mol. The Balaban J connectivity index is 2.57. The molecule has 11 heteroatoms. The lowest BCUT2D eigenvalue weighted by atomic mass is 9.99. The Bertz CT molecular complexity index is 376. The standard InChI is InChI=1S/C12H22O11/c13-1-4(15)7(17)8(18)5(16)3-22-12-11(21)10(20)9(19)6(2-14)23-12/h4,6-15,17-21H,1-3H2/t4-,6-,7-,8-,9-,10+,11-,12+/m1/s1. The van der Waals surface area contributed by atoms with Gasteiger partial charge < -0.3 is 50.3 Å². The maximum absolute atomic E-state index is 11.6. The molecule has 23 heavy (non-hydrogen) atoms. The molecule has 1 aliphatic heterocycles. The lowest BCUT2D eigenvalue weighted by Crippen LogP contribution is -2.59. The third kappa shape index (κ3) is 4.87. The Labute approximate surface area is 130 Å². The molecule has 136 valence electrons. The zero-order valence-corrected chi connectivity index (χ0v) is 12.0. The minimum Gasteiger partial charge on any atom is -0.394 e. The van der Waals surface area contributed by atoms with Crippen molar-refractivity contribution >= 4 is 5.78 Å². The van der Waals surface area contributed by atoms with Crippen LogP contribution in [-0.4, -0.2) is 115 Å². The number of hydrogen-bond acceptors (Lipinski definition) is 11. The van der Waals surface area contributed by atoms with Gasteiger partial charge in [0.1, 0.15) is 49.3 Å². The lowest BCUT2D eigenvalue weighted by molar-refractivity contribution is -0.299. The van der Waals surface area contributed by atoms with Crippen molar-refractivity contribution in [1.82, 2.24) is 0 Å². The Hall–Kier alpha value is -0.730. The van der Waals surface area contributed by atoms with Crippen LogP contribution < -0.4 is 0 Å². The summed E-state index contributed by atoms with van der Waals surface area (Å²) in [7, 11) is 0. The van der Waals surface area contributed by atoms with Gasteiger partial charge in [0.05, 0.1) is 13.2 Å².